The van der Waals surface area contributed by atoms with E-state index in [0.717, 1.165) is 28.2 Å². The highest BCUT2D eigenvalue weighted by Gasteiger charge is 2.39. The van der Waals surface area contributed by atoms with Crippen molar-refractivity contribution >= 4 is 22.8 Å². The fraction of sp³-hybridized carbons (Fsp3) is 0.533. The summed E-state index contributed by atoms with van der Waals surface area (Å²) < 4.78 is 0. The van der Waals surface area contributed by atoms with Gasteiger partial charge in [-0.25, -0.2) is 0 Å². The van der Waals surface area contributed by atoms with Gasteiger partial charge in [0.25, 0.3) is 5.91 Å². The molecule has 1 aliphatic carbocycles. The summed E-state index contributed by atoms with van der Waals surface area (Å²) >= 11 is 1.56. The summed E-state index contributed by atoms with van der Waals surface area (Å²) in [5.41, 5.74) is 2.32. The number of hydrogen-bond acceptors (Lipinski definition) is 2. The van der Waals surface area contributed by atoms with Crippen LogP contribution in [0.1, 0.15) is 66.6 Å². The Balaban J connectivity index is 2.25. The van der Waals surface area contributed by atoms with Crippen LogP contribution in [0, 0.1) is 0 Å². The number of nitrogens with one attached hydrogen (secondary N) is 1. The monoisotopic (exact) mass is 263 g/mol. The molecule has 0 aliphatic heterocycles. The Kier molecular flexibility index (Phi) is 3.37. The Morgan fingerprint density at radius 2 is 2.11 bits per heavy atom. The van der Waals surface area contributed by atoms with E-state index in [1.807, 2.05) is 13.0 Å². The molecule has 0 aromatic carbocycles. The van der Waals surface area contributed by atoms with Crippen LogP contribution in [-0.2, 0) is 0 Å². The molecule has 1 aliphatic rings. The van der Waals surface area contributed by atoms with E-state index in [-0.39, 0.29) is 11.4 Å². The Morgan fingerprint density at radius 3 is 2.50 bits per heavy atom. The molecule has 0 bridgehead atoms. The van der Waals surface area contributed by atoms with E-state index >= 15 is 0 Å². The number of amides is 1. The molecule has 1 heterocycles. The molecule has 1 fully saturated rings. The third-order valence-electron chi connectivity index (χ3n) is 3.41. The largest absolute Gasteiger partial charge is 0.346 e. The predicted molar refractivity (Wildman–Crippen MR) is 78.2 cm³/mol. The minimum absolute atomic E-state index is 0.0441. The zero-order chi connectivity index (χ0) is 13.5. The van der Waals surface area contributed by atoms with Crippen molar-refractivity contribution in [3.8, 4) is 0 Å². The predicted octanol–water partition coefficient (Wildman–Crippen LogP) is 4.19. The molecular formula is C15H21NOS. The zero-order valence-electron chi connectivity index (χ0n) is 11.6. The van der Waals surface area contributed by atoms with Crippen molar-refractivity contribution in [3.05, 3.63) is 28.0 Å². The maximum Gasteiger partial charge on any atom is 0.261 e. The van der Waals surface area contributed by atoms with Crippen LogP contribution in [0.15, 0.2) is 12.6 Å². The number of rotatable bonds is 4. The van der Waals surface area contributed by atoms with Gasteiger partial charge in [-0.05, 0) is 49.8 Å². The van der Waals surface area contributed by atoms with Crippen LogP contribution in [-0.4, -0.2) is 11.4 Å². The molecular weight excluding hydrogens is 242 g/mol. The van der Waals surface area contributed by atoms with Gasteiger partial charge in [-0.1, -0.05) is 20.4 Å². The van der Waals surface area contributed by atoms with Gasteiger partial charge in [-0.2, -0.15) is 0 Å². The van der Waals surface area contributed by atoms with Crippen LogP contribution < -0.4 is 5.32 Å². The van der Waals surface area contributed by atoms with Crippen LogP contribution in [0.2, 0.25) is 0 Å². The topological polar surface area (TPSA) is 29.1 Å². The van der Waals surface area contributed by atoms with E-state index in [4.69, 9.17) is 0 Å². The molecule has 1 aromatic rings. The van der Waals surface area contributed by atoms with Gasteiger partial charge in [-0.3, -0.25) is 4.79 Å². The highest BCUT2D eigenvalue weighted by atomic mass is 32.1. The number of carbonyl (C=O) groups excluding carboxylic acids is 1. The Morgan fingerprint density at radius 1 is 1.50 bits per heavy atom. The van der Waals surface area contributed by atoms with Crippen LogP contribution in [0.5, 0.6) is 0 Å². The molecule has 1 saturated carbocycles. The van der Waals surface area contributed by atoms with Crippen LogP contribution >= 0.6 is 11.3 Å². The quantitative estimate of drug-likeness (QED) is 0.867. The highest BCUT2D eigenvalue weighted by Crippen LogP contribution is 2.36. The van der Waals surface area contributed by atoms with Crippen LogP contribution in [0.4, 0.5) is 0 Å². The summed E-state index contributed by atoms with van der Waals surface area (Å²) in [5, 5.41) is 3.11. The first-order valence-corrected chi connectivity index (χ1v) is 7.26. The van der Waals surface area contributed by atoms with E-state index in [1.165, 1.54) is 5.56 Å². The van der Waals surface area contributed by atoms with Crippen molar-refractivity contribution in [3.63, 3.8) is 0 Å². The lowest BCUT2D eigenvalue weighted by molar-refractivity contribution is 0.0939. The molecule has 0 spiro atoms. The summed E-state index contributed by atoms with van der Waals surface area (Å²) in [4.78, 5) is 14.2. The average molecular weight is 263 g/mol. The van der Waals surface area contributed by atoms with Crippen molar-refractivity contribution in [2.75, 3.05) is 0 Å². The Hall–Kier alpha value is -1.09. The molecule has 2 nitrogen and oxygen atoms in total. The van der Waals surface area contributed by atoms with Gasteiger partial charge in [0.05, 0.1) is 4.88 Å². The molecule has 2 rings (SSSR count). The second-order valence-corrected chi connectivity index (χ2v) is 6.90. The molecule has 98 valence electrons. The smallest absolute Gasteiger partial charge is 0.261 e. The first-order valence-electron chi connectivity index (χ1n) is 6.44. The first-order chi connectivity index (χ1) is 8.32. The van der Waals surface area contributed by atoms with E-state index < -0.39 is 0 Å². The average Bonchev–Trinajstić information content (AvgIpc) is 2.82. The van der Waals surface area contributed by atoms with Crippen molar-refractivity contribution in [1.82, 2.24) is 5.32 Å². The molecule has 1 amide bonds. The van der Waals surface area contributed by atoms with Gasteiger partial charge in [0, 0.05) is 10.4 Å². The maximum atomic E-state index is 12.2. The highest BCUT2D eigenvalue weighted by molar-refractivity contribution is 7.15. The summed E-state index contributed by atoms with van der Waals surface area (Å²) in [6.07, 6.45) is 2.18. The summed E-state index contributed by atoms with van der Waals surface area (Å²) in [7, 11) is 0. The van der Waals surface area contributed by atoms with Gasteiger partial charge >= 0.3 is 0 Å². The number of thiophene rings is 1. The maximum absolute atomic E-state index is 12.2. The SMILES string of the molecule is C=C(C)c1sc(C(=O)NC2(C)CC2)cc1C(C)C. The lowest BCUT2D eigenvalue weighted by Gasteiger charge is -2.09. The van der Waals surface area contributed by atoms with E-state index in [1.54, 1.807) is 11.3 Å². The van der Waals surface area contributed by atoms with Crippen LogP contribution in [0.25, 0.3) is 5.57 Å². The Labute approximate surface area is 113 Å². The second kappa shape index (κ2) is 4.54. The molecule has 0 radical (unpaired) electrons. The number of carbonyl (C=O) groups is 1. The van der Waals surface area contributed by atoms with Gasteiger partial charge < -0.3 is 5.32 Å². The molecule has 3 heteroatoms. The third kappa shape index (κ3) is 2.66. The molecule has 0 atom stereocenters. The second-order valence-electron chi connectivity index (χ2n) is 5.84. The van der Waals surface area contributed by atoms with E-state index in [9.17, 15) is 4.79 Å². The van der Waals surface area contributed by atoms with Crippen molar-refractivity contribution in [2.45, 2.75) is 52.0 Å². The van der Waals surface area contributed by atoms with Gasteiger partial charge in [0.1, 0.15) is 0 Å². The normalized spacial score (nSPS) is 16.7. The van der Waals surface area contributed by atoms with Gasteiger partial charge in [-0.15, -0.1) is 11.3 Å². The summed E-state index contributed by atoms with van der Waals surface area (Å²) in [6.45, 7) is 12.4. The minimum Gasteiger partial charge on any atom is -0.346 e. The van der Waals surface area contributed by atoms with Crippen LogP contribution in [0.3, 0.4) is 0 Å². The zero-order valence-corrected chi connectivity index (χ0v) is 12.4. The fourth-order valence-electron chi connectivity index (χ4n) is 1.93. The Bertz CT molecular complexity index is 495. The third-order valence-corrected chi connectivity index (χ3v) is 4.72. The van der Waals surface area contributed by atoms with Gasteiger partial charge in [0.15, 0.2) is 0 Å². The number of hydrogen-bond donors (Lipinski definition) is 1. The molecule has 1 aromatic heterocycles. The minimum atomic E-state index is 0.0441. The van der Waals surface area contributed by atoms with Crippen molar-refractivity contribution in [1.29, 1.82) is 0 Å². The molecule has 1 N–H and O–H groups in total. The summed E-state index contributed by atoms with van der Waals surface area (Å²) in [5.74, 6) is 0.486. The molecule has 0 saturated heterocycles. The van der Waals surface area contributed by atoms with Crippen molar-refractivity contribution < 1.29 is 4.79 Å². The standard InChI is InChI=1S/C15H21NOS/c1-9(2)11-8-12(18-13(11)10(3)4)14(17)16-15(5)6-7-15/h8-9H,3,6-7H2,1-2,4-5H3,(H,16,17). The van der Waals surface area contributed by atoms with E-state index in [0.29, 0.717) is 5.92 Å². The molecule has 0 unspecified atom stereocenters. The lowest BCUT2D eigenvalue weighted by atomic mass is 10.0. The lowest BCUT2D eigenvalue weighted by Crippen LogP contribution is -2.33. The number of allylic oxidation sites excluding steroid dienone is 1. The van der Waals surface area contributed by atoms with Crippen molar-refractivity contribution in [2.24, 2.45) is 0 Å². The first kappa shape index (κ1) is 13.3. The van der Waals surface area contributed by atoms with E-state index in [2.05, 4.69) is 32.7 Å². The fourth-order valence-corrected chi connectivity index (χ4v) is 3.06. The van der Waals surface area contributed by atoms with Gasteiger partial charge in [0.2, 0.25) is 0 Å². The summed E-state index contributed by atoms with van der Waals surface area (Å²) in [6, 6.07) is 2.03. The molecule has 18 heavy (non-hydrogen) atoms.